The molecule has 0 bridgehead atoms. The van der Waals surface area contributed by atoms with Crippen LogP contribution in [0.2, 0.25) is 0 Å². The minimum Gasteiger partial charge on any atom is -0.479 e. The van der Waals surface area contributed by atoms with Crippen LogP contribution in [-0.4, -0.2) is 38.6 Å². The number of imidazole rings is 1. The van der Waals surface area contributed by atoms with Crippen LogP contribution in [0.1, 0.15) is 22.2 Å². The first-order chi connectivity index (χ1) is 8.54. The lowest BCUT2D eigenvalue weighted by atomic mass is 10.1. The molecule has 0 spiro atoms. The van der Waals surface area contributed by atoms with Gasteiger partial charge in [-0.15, -0.1) is 0 Å². The van der Waals surface area contributed by atoms with Gasteiger partial charge in [0, 0.05) is 18.9 Å². The highest BCUT2D eigenvalue weighted by Gasteiger charge is 2.20. The highest BCUT2D eigenvalue weighted by atomic mass is 16.5. The van der Waals surface area contributed by atoms with Gasteiger partial charge in [0.2, 0.25) is 0 Å². The minimum atomic E-state index is -1.14. The number of rotatable bonds is 4. The van der Waals surface area contributed by atoms with Gasteiger partial charge in [0.05, 0.1) is 6.20 Å². The number of carboxylic acid groups (broad SMARTS) is 2. The van der Waals surface area contributed by atoms with E-state index >= 15 is 0 Å². The summed E-state index contributed by atoms with van der Waals surface area (Å²) in [6.45, 7) is 0. The molecule has 0 aliphatic rings. The summed E-state index contributed by atoms with van der Waals surface area (Å²) < 4.78 is 6.16. The lowest BCUT2D eigenvalue weighted by Crippen LogP contribution is -2.14. The fourth-order valence-electron chi connectivity index (χ4n) is 1.69. The summed E-state index contributed by atoms with van der Waals surface area (Å²) in [5.41, 5.74) is 0.737. The van der Waals surface area contributed by atoms with Crippen LogP contribution in [0, 0.1) is 0 Å². The van der Waals surface area contributed by atoms with E-state index in [2.05, 4.69) is 4.98 Å². The molecule has 2 heterocycles. The number of aromatic carboxylic acids is 1. The molecule has 2 rings (SSSR count). The van der Waals surface area contributed by atoms with Crippen molar-refractivity contribution in [1.29, 1.82) is 0 Å². The Morgan fingerprint density at radius 1 is 1.39 bits per heavy atom. The van der Waals surface area contributed by atoms with Crippen molar-refractivity contribution in [3.05, 3.63) is 35.8 Å². The lowest BCUT2D eigenvalue weighted by Gasteiger charge is -2.11. The molecule has 0 radical (unpaired) electrons. The first kappa shape index (κ1) is 12.1. The molecule has 0 saturated heterocycles. The largest absolute Gasteiger partial charge is 0.479 e. The Labute approximate surface area is 101 Å². The molecule has 2 aromatic heterocycles. The summed E-state index contributed by atoms with van der Waals surface area (Å²) in [6, 6.07) is 3.08. The molecule has 1 unspecified atom stereocenters. The van der Waals surface area contributed by atoms with Crippen LogP contribution >= 0.6 is 0 Å². The molecule has 7 nitrogen and oxygen atoms in total. The summed E-state index contributed by atoms with van der Waals surface area (Å²) in [5.74, 6) is -2.28. The van der Waals surface area contributed by atoms with Crippen LogP contribution in [0.15, 0.2) is 24.5 Å². The number of hydrogen-bond donors (Lipinski definition) is 2. The number of pyridine rings is 1. The first-order valence-corrected chi connectivity index (χ1v) is 5.00. The van der Waals surface area contributed by atoms with Crippen molar-refractivity contribution in [3.8, 4) is 0 Å². The molecule has 18 heavy (non-hydrogen) atoms. The molecule has 0 fully saturated rings. The normalized spacial score (nSPS) is 12.5. The second-order valence-corrected chi connectivity index (χ2v) is 3.59. The van der Waals surface area contributed by atoms with Crippen LogP contribution in [-0.2, 0) is 9.53 Å². The van der Waals surface area contributed by atoms with Crippen LogP contribution in [0.25, 0.3) is 5.65 Å². The van der Waals surface area contributed by atoms with Gasteiger partial charge in [-0.3, -0.25) is 4.40 Å². The van der Waals surface area contributed by atoms with Gasteiger partial charge in [0.1, 0.15) is 5.65 Å². The molecule has 0 aliphatic carbocycles. The van der Waals surface area contributed by atoms with E-state index in [1.807, 2.05) is 0 Å². The number of fused-ring (bicyclic) bond motifs is 1. The zero-order chi connectivity index (χ0) is 13.3. The quantitative estimate of drug-likeness (QED) is 0.832. The molecule has 1 atom stereocenters. The summed E-state index contributed by atoms with van der Waals surface area (Å²) in [7, 11) is 1.27. The standard InChI is InChI=1S/C11H10N2O5/c1-18-9(11(16)17)6-2-3-8-12-4-7(10(14)15)13(8)5-6/h2-5,9H,1H3,(H,14,15)(H,16,17). The Bertz CT molecular complexity index is 619. The van der Waals surface area contributed by atoms with E-state index < -0.39 is 18.0 Å². The Morgan fingerprint density at radius 3 is 2.67 bits per heavy atom. The Morgan fingerprint density at radius 2 is 2.11 bits per heavy atom. The maximum Gasteiger partial charge on any atom is 0.354 e. The number of ether oxygens (including phenoxy) is 1. The van der Waals surface area contributed by atoms with Crippen LogP contribution in [0.5, 0.6) is 0 Å². The number of aromatic nitrogens is 2. The molecule has 0 amide bonds. The minimum absolute atomic E-state index is 0.0351. The van der Waals surface area contributed by atoms with Crippen molar-refractivity contribution in [2.24, 2.45) is 0 Å². The predicted molar refractivity (Wildman–Crippen MR) is 59.5 cm³/mol. The van der Waals surface area contributed by atoms with Gasteiger partial charge in [-0.05, 0) is 6.07 Å². The summed E-state index contributed by atoms with van der Waals surface area (Å²) in [6.07, 6.45) is 1.47. The summed E-state index contributed by atoms with van der Waals surface area (Å²) in [4.78, 5) is 25.8. The van der Waals surface area contributed by atoms with E-state index in [0.29, 0.717) is 11.2 Å². The van der Waals surface area contributed by atoms with Crippen LogP contribution in [0.3, 0.4) is 0 Å². The van der Waals surface area contributed by atoms with E-state index in [1.165, 1.54) is 36.0 Å². The fraction of sp³-hybridized carbons (Fsp3) is 0.182. The molecular formula is C11H10N2O5. The molecule has 94 valence electrons. The van der Waals surface area contributed by atoms with Crippen LogP contribution in [0.4, 0.5) is 0 Å². The van der Waals surface area contributed by atoms with Crippen molar-refractivity contribution in [2.45, 2.75) is 6.10 Å². The van der Waals surface area contributed by atoms with Gasteiger partial charge in [0.25, 0.3) is 0 Å². The second-order valence-electron chi connectivity index (χ2n) is 3.59. The van der Waals surface area contributed by atoms with Crippen molar-refractivity contribution in [1.82, 2.24) is 9.38 Å². The number of carbonyl (C=O) groups is 2. The Kier molecular flexibility index (Phi) is 2.99. The molecular weight excluding hydrogens is 240 g/mol. The van der Waals surface area contributed by atoms with Gasteiger partial charge in [-0.2, -0.15) is 0 Å². The Hall–Kier alpha value is -2.41. The molecule has 2 N–H and O–H groups in total. The third-order valence-corrected chi connectivity index (χ3v) is 2.51. The van der Waals surface area contributed by atoms with Crippen molar-refractivity contribution < 1.29 is 24.5 Å². The van der Waals surface area contributed by atoms with E-state index in [-0.39, 0.29) is 5.69 Å². The fourth-order valence-corrected chi connectivity index (χ4v) is 1.69. The first-order valence-electron chi connectivity index (χ1n) is 5.00. The molecule has 0 saturated carbocycles. The summed E-state index contributed by atoms with van der Waals surface area (Å²) >= 11 is 0. The maximum atomic E-state index is 11.0. The SMILES string of the molecule is COC(C(=O)O)c1ccc2ncc(C(=O)O)n2c1. The molecule has 7 heteroatoms. The predicted octanol–water partition coefficient (Wildman–Crippen LogP) is 0.805. The monoisotopic (exact) mass is 250 g/mol. The van der Waals surface area contributed by atoms with E-state index in [4.69, 9.17) is 14.9 Å². The third kappa shape index (κ3) is 1.91. The Balaban J connectivity index is 2.57. The zero-order valence-electron chi connectivity index (χ0n) is 9.40. The number of hydrogen-bond acceptors (Lipinski definition) is 4. The lowest BCUT2D eigenvalue weighted by molar-refractivity contribution is -0.148. The highest BCUT2D eigenvalue weighted by Crippen LogP contribution is 2.18. The molecule has 2 aromatic rings. The highest BCUT2D eigenvalue weighted by molar-refractivity contribution is 5.86. The van der Waals surface area contributed by atoms with E-state index in [9.17, 15) is 9.59 Å². The average molecular weight is 250 g/mol. The molecule has 0 aromatic carbocycles. The topological polar surface area (TPSA) is 101 Å². The van der Waals surface area contributed by atoms with Crippen LogP contribution < -0.4 is 0 Å². The number of carboxylic acids is 2. The smallest absolute Gasteiger partial charge is 0.354 e. The third-order valence-electron chi connectivity index (χ3n) is 2.51. The maximum absolute atomic E-state index is 11.0. The number of nitrogens with zero attached hydrogens (tertiary/aromatic N) is 2. The van der Waals surface area contributed by atoms with Gasteiger partial charge in [-0.25, -0.2) is 14.6 Å². The number of methoxy groups -OCH3 is 1. The average Bonchev–Trinajstić information content (AvgIpc) is 2.72. The van der Waals surface area contributed by atoms with Gasteiger partial charge in [0.15, 0.2) is 11.8 Å². The van der Waals surface area contributed by atoms with Gasteiger partial charge in [-0.1, -0.05) is 6.07 Å². The van der Waals surface area contributed by atoms with Crippen molar-refractivity contribution in [3.63, 3.8) is 0 Å². The second kappa shape index (κ2) is 4.46. The number of aliphatic carboxylic acids is 1. The summed E-state index contributed by atoms with van der Waals surface area (Å²) in [5, 5.41) is 17.9. The van der Waals surface area contributed by atoms with E-state index in [0.717, 1.165) is 0 Å². The van der Waals surface area contributed by atoms with Gasteiger partial charge < -0.3 is 14.9 Å². The van der Waals surface area contributed by atoms with Crippen molar-refractivity contribution in [2.75, 3.05) is 7.11 Å². The van der Waals surface area contributed by atoms with Crippen molar-refractivity contribution >= 4 is 17.6 Å². The van der Waals surface area contributed by atoms with Gasteiger partial charge >= 0.3 is 11.9 Å². The molecule has 0 aliphatic heterocycles. The van der Waals surface area contributed by atoms with E-state index in [1.54, 1.807) is 0 Å². The zero-order valence-corrected chi connectivity index (χ0v) is 9.40.